The van der Waals surface area contributed by atoms with E-state index in [1.54, 1.807) is 19.1 Å². The molecule has 1 unspecified atom stereocenters. The van der Waals surface area contributed by atoms with Gasteiger partial charge in [-0.15, -0.1) is 0 Å². The number of hydrogen-bond donors (Lipinski definition) is 1. The largest absolute Gasteiger partial charge is 0.495 e. The zero-order valence-electron chi connectivity index (χ0n) is 19.4. The molecular weight excluding hydrogens is 462 g/mol. The fourth-order valence-electron chi connectivity index (χ4n) is 4.08. The molecule has 0 aromatic heterocycles. The van der Waals surface area contributed by atoms with Gasteiger partial charge >= 0.3 is 0 Å². The van der Waals surface area contributed by atoms with Crippen molar-refractivity contribution in [1.82, 2.24) is 10.2 Å². The van der Waals surface area contributed by atoms with Crippen LogP contribution < -0.4 is 14.4 Å². The topological polar surface area (TPSA) is 79.0 Å². The van der Waals surface area contributed by atoms with Crippen molar-refractivity contribution in [2.24, 2.45) is 0 Å². The molecule has 0 spiro atoms. The number of carbonyl (C=O) groups excluding carboxylic acids is 1. The lowest BCUT2D eigenvalue weighted by atomic mass is 10.1. The first-order valence-electron chi connectivity index (χ1n) is 11.1. The van der Waals surface area contributed by atoms with Crippen molar-refractivity contribution < 1.29 is 17.9 Å². The van der Waals surface area contributed by atoms with E-state index in [-0.39, 0.29) is 5.02 Å². The van der Waals surface area contributed by atoms with E-state index < -0.39 is 22.0 Å². The van der Waals surface area contributed by atoms with Crippen LogP contribution in [0.3, 0.4) is 0 Å². The van der Waals surface area contributed by atoms with Crippen molar-refractivity contribution in [1.29, 1.82) is 0 Å². The SMILES string of the molecule is COc1ccc(N(C(C)C(=O)NCc2ccc(CN3CCCCC3)cc2)S(C)(=O)=O)cc1Cl. The fourth-order valence-corrected chi connectivity index (χ4v) is 5.49. The Kier molecular flexibility index (Phi) is 8.62. The second-order valence-corrected chi connectivity index (χ2v) is 10.7. The Hall–Kier alpha value is -2.29. The van der Waals surface area contributed by atoms with E-state index in [0.29, 0.717) is 18.0 Å². The predicted octanol–water partition coefficient (Wildman–Crippen LogP) is 3.81. The molecule has 1 atom stereocenters. The molecule has 180 valence electrons. The molecule has 9 heteroatoms. The number of ether oxygens (including phenoxy) is 1. The van der Waals surface area contributed by atoms with E-state index in [0.717, 1.165) is 35.8 Å². The Morgan fingerprint density at radius 2 is 1.76 bits per heavy atom. The van der Waals surface area contributed by atoms with Gasteiger partial charge in [0.05, 0.1) is 24.1 Å². The van der Waals surface area contributed by atoms with Gasteiger partial charge in [-0.1, -0.05) is 42.3 Å². The number of amides is 1. The quantitative estimate of drug-likeness (QED) is 0.574. The average molecular weight is 494 g/mol. The average Bonchev–Trinajstić information content (AvgIpc) is 2.78. The van der Waals surface area contributed by atoms with E-state index in [4.69, 9.17) is 16.3 Å². The molecule has 33 heavy (non-hydrogen) atoms. The first-order valence-corrected chi connectivity index (χ1v) is 13.3. The summed E-state index contributed by atoms with van der Waals surface area (Å²) in [7, 11) is -2.26. The predicted molar refractivity (Wildman–Crippen MR) is 132 cm³/mol. The molecular formula is C24H32ClN3O4S. The molecule has 7 nitrogen and oxygen atoms in total. The summed E-state index contributed by atoms with van der Waals surface area (Å²) in [5, 5.41) is 3.11. The normalized spacial score (nSPS) is 15.6. The molecule has 1 heterocycles. The van der Waals surface area contributed by atoms with Gasteiger partial charge in [-0.3, -0.25) is 14.0 Å². The summed E-state index contributed by atoms with van der Waals surface area (Å²) >= 11 is 6.17. The molecule has 1 saturated heterocycles. The Morgan fingerprint density at radius 1 is 1.12 bits per heavy atom. The lowest BCUT2D eigenvalue weighted by Crippen LogP contribution is -2.47. The number of hydrogen-bond acceptors (Lipinski definition) is 5. The van der Waals surface area contributed by atoms with Gasteiger partial charge in [0.15, 0.2) is 0 Å². The Bertz CT molecular complexity index is 1050. The van der Waals surface area contributed by atoms with Crippen molar-refractivity contribution in [2.75, 3.05) is 30.8 Å². The van der Waals surface area contributed by atoms with Crippen molar-refractivity contribution >= 4 is 33.2 Å². The van der Waals surface area contributed by atoms with Gasteiger partial charge in [0.1, 0.15) is 11.8 Å². The minimum Gasteiger partial charge on any atom is -0.495 e. The van der Waals surface area contributed by atoms with Crippen molar-refractivity contribution in [3.05, 3.63) is 58.6 Å². The number of rotatable bonds is 9. The zero-order valence-corrected chi connectivity index (χ0v) is 21.0. The number of sulfonamides is 1. The molecule has 0 bridgehead atoms. The molecule has 0 saturated carbocycles. The van der Waals surface area contributed by atoms with Crippen molar-refractivity contribution in [3.8, 4) is 5.75 Å². The van der Waals surface area contributed by atoms with Crippen LogP contribution in [0.5, 0.6) is 5.75 Å². The van der Waals surface area contributed by atoms with Gasteiger partial charge in [-0.25, -0.2) is 8.42 Å². The highest BCUT2D eigenvalue weighted by atomic mass is 35.5. The number of halogens is 1. The van der Waals surface area contributed by atoms with Crippen LogP contribution in [0.2, 0.25) is 5.02 Å². The number of carbonyl (C=O) groups is 1. The van der Waals surface area contributed by atoms with E-state index >= 15 is 0 Å². The Balaban J connectivity index is 1.63. The molecule has 0 radical (unpaired) electrons. The maximum atomic E-state index is 12.8. The minimum atomic E-state index is -3.73. The molecule has 3 rings (SSSR count). The van der Waals surface area contributed by atoms with Gasteiger partial charge in [0.25, 0.3) is 0 Å². The molecule has 1 aliphatic rings. The Labute approximate surface area is 201 Å². The van der Waals surface area contributed by atoms with Gasteiger partial charge in [0, 0.05) is 13.1 Å². The molecule has 1 N–H and O–H groups in total. The molecule has 0 aliphatic carbocycles. The summed E-state index contributed by atoms with van der Waals surface area (Å²) in [6, 6.07) is 11.8. The van der Waals surface area contributed by atoms with E-state index in [2.05, 4.69) is 22.3 Å². The maximum absolute atomic E-state index is 12.8. The van der Waals surface area contributed by atoms with E-state index in [9.17, 15) is 13.2 Å². The number of benzene rings is 2. The first kappa shape index (κ1) is 25.3. The molecule has 2 aromatic rings. The zero-order chi connectivity index (χ0) is 24.0. The monoisotopic (exact) mass is 493 g/mol. The Morgan fingerprint density at radius 3 is 2.33 bits per heavy atom. The molecule has 1 aliphatic heterocycles. The summed E-state index contributed by atoms with van der Waals surface area (Å²) in [5.74, 6) is 0.0273. The summed E-state index contributed by atoms with van der Waals surface area (Å²) in [6.07, 6.45) is 4.90. The van der Waals surface area contributed by atoms with Crippen LogP contribution in [-0.4, -0.2) is 51.7 Å². The standard InChI is InChI=1S/C24H32ClN3O4S/c1-18(28(33(3,30)31)21-11-12-23(32-2)22(25)15-21)24(29)26-16-19-7-9-20(10-8-19)17-27-13-5-4-6-14-27/h7-12,15,18H,4-6,13-14,16-17H2,1-3H3,(H,26,29). The van der Waals surface area contributed by atoms with Gasteiger partial charge in [-0.2, -0.15) is 0 Å². The van der Waals surface area contributed by atoms with E-state index in [1.165, 1.54) is 38.0 Å². The summed E-state index contributed by atoms with van der Waals surface area (Å²) in [4.78, 5) is 15.3. The van der Waals surface area contributed by atoms with E-state index in [1.807, 2.05) is 12.1 Å². The third kappa shape index (κ3) is 6.85. The van der Waals surface area contributed by atoms with Crippen molar-refractivity contribution in [2.45, 2.75) is 45.3 Å². The second-order valence-electron chi connectivity index (χ2n) is 8.42. The van der Waals surface area contributed by atoms with Crippen LogP contribution in [0, 0.1) is 0 Å². The number of likely N-dealkylation sites (tertiary alicyclic amines) is 1. The van der Waals surface area contributed by atoms with Crippen LogP contribution in [-0.2, 0) is 27.9 Å². The molecule has 1 amide bonds. The number of nitrogens with one attached hydrogen (secondary N) is 1. The van der Waals surface area contributed by atoms with Crippen LogP contribution in [0.1, 0.15) is 37.3 Å². The first-order chi connectivity index (χ1) is 15.7. The molecule has 1 fully saturated rings. The third-order valence-corrected chi connectivity index (χ3v) is 7.36. The molecule has 2 aromatic carbocycles. The smallest absolute Gasteiger partial charge is 0.243 e. The van der Waals surface area contributed by atoms with Gasteiger partial charge in [0.2, 0.25) is 15.9 Å². The van der Waals surface area contributed by atoms with Gasteiger partial charge in [-0.05, 0) is 62.2 Å². The summed E-state index contributed by atoms with van der Waals surface area (Å²) < 4.78 is 31.2. The van der Waals surface area contributed by atoms with Crippen LogP contribution in [0.25, 0.3) is 0 Å². The maximum Gasteiger partial charge on any atom is 0.243 e. The lowest BCUT2D eigenvalue weighted by molar-refractivity contribution is -0.122. The van der Waals surface area contributed by atoms with Crippen LogP contribution in [0.15, 0.2) is 42.5 Å². The summed E-state index contributed by atoms with van der Waals surface area (Å²) in [6.45, 7) is 5.10. The number of nitrogens with zero attached hydrogens (tertiary/aromatic N) is 2. The minimum absolute atomic E-state index is 0.265. The van der Waals surface area contributed by atoms with Crippen LogP contribution in [0.4, 0.5) is 5.69 Å². The highest BCUT2D eigenvalue weighted by Gasteiger charge is 2.29. The number of anilines is 1. The highest BCUT2D eigenvalue weighted by Crippen LogP contribution is 2.31. The fraction of sp³-hybridized carbons (Fsp3) is 0.458. The summed E-state index contributed by atoms with van der Waals surface area (Å²) in [5.41, 5.74) is 2.50. The third-order valence-electron chi connectivity index (χ3n) is 5.82. The van der Waals surface area contributed by atoms with Crippen LogP contribution >= 0.6 is 11.6 Å². The lowest BCUT2D eigenvalue weighted by Gasteiger charge is -2.28. The van der Waals surface area contributed by atoms with Gasteiger partial charge < -0.3 is 10.1 Å². The van der Waals surface area contributed by atoms with Crippen molar-refractivity contribution in [3.63, 3.8) is 0 Å². The number of piperidine rings is 1. The highest BCUT2D eigenvalue weighted by molar-refractivity contribution is 7.92. The number of methoxy groups -OCH3 is 1. The second kappa shape index (κ2) is 11.2.